The average molecular weight is 285 g/mol. The molecule has 2 rings (SSSR count). The van der Waals surface area contributed by atoms with Crippen LogP contribution < -0.4 is 0 Å². The minimum Gasteiger partial charge on any atom is -0.411 e. The molecule has 0 unspecified atom stereocenters. The van der Waals surface area contributed by atoms with Crippen LogP contribution in [0.4, 0.5) is 13.2 Å². The number of hydrogen-bond acceptors (Lipinski definition) is 3. The monoisotopic (exact) mass is 285 g/mol. The summed E-state index contributed by atoms with van der Waals surface area (Å²) >= 11 is 1.36. The molecule has 0 fully saturated rings. The second kappa shape index (κ2) is 5.05. The van der Waals surface area contributed by atoms with Gasteiger partial charge in [0, 0.05) is 4.88 Å². The summed E-state index contributed by atoms with van der Waals surface area (Å²) in [5.41, 5.74) is 0.513. The molecule has 0 spiro atoms. The van der Waals surface area contributed by atoms with Crippen LogP contribution in [0.25, 0.3) is 10.4 Å². The van der Waals surface area contributed by atoms with Gasteiger partial charge < -0.3 is 5.21 Å². The number of hydrogen-bond donors (Lipinski definition) is 1. The topological polar surface area (TPSA) is 32.6 Å². The van der Waals surface area contributed by atoms with Crippen molar-refractivity contribution in [1.82, 2.24) is 0 Å². The van der Waals surface area contributed by atoms with E-state index in [9.17, 15) is 13.2 Å². The normalized spacial score (nSPS) is 12.7. The maximum Gasteiger partial charge on any atom is 0.416 e. The second-order valence-corrected chi connectivity index (χ2v) is 5.01. The van der Waals surface area contributed by atoms with E-state index in [4.69, 9.17) is 5.21 Å². The van der Waals surface area contributed by atoms with Gasteiger partial charge in [-0.3, -0.25) is 0 Å². The molecule has 19 heavy (non-hydrogen) atoms. The van der Waals surface area contributed by atoms with Gasteiger partial charge in [-0.15, -0.1) is 11.3 Å². The maximum atomic E-state index is 12.4. The molecule has 0 aliphatic carbocycles. The molecular formula is C13H10F3NOS. The third-order valence-electron chi connectivity index (χ3n) is 2.61. The van der Waals surface area contributed by atoms with Crippen molar-refractivity contribution in [3.63, 3.8) is 0 Å². The highest BCUT2D eigenvalue weighted by molar-refractivity contribution is 7.17. The van der Waals surface area contributed by atoms with Crippen LogP contribution in [-0.4, -0.2) is 10.9 Å². The summed E-state index contributed by atoms with van der Waals surface area (Å²) in [4.78, 5) is 1.60. The van der Waals surface area contributed by atoms with E-state index in [0.29, 0.717) is 11.3 Å². The van der Waals surface area contributed by atoms with Gasteiger partial charge in [-0.05, 0) is 36.8 Å². The largest absolute Gasteiger partial charge is 0.416 e. The van der Waals surface area contributed by atoms with Crippen molar-refractivity contribution in [2.24, 2.45) is 5.16 Å². The van der Waals surface area contributed by atoms with E-state index in [1.54, 1.807) is 19.1 Å². The van der Waals surface area contributed by atoms with E-state index in [1.807, 2.05) is 0 Å². The first kappa shape index (κ1) is 13.6. The number of oxime groups is 1. The van der Waals surface area contributed by atoms with E-state index in [-0.39, 0.29) is 0 Å². The fourth-order valence-electron chi connectivity index (χ4n) is 1.56. The Hall–Kier alpha value is -1.82. The van der Waals surface area contributed by atoms with Gasteiger partial charge in [0.2, 0.25) is 0 Å². The lowest BCUT2D eigenvalue weighted by molar-refractivity contribution is -0.137. The molecule has 0 aliphatic heterocycles. The van der Waals surface area contributed by atoms with Crippen LogP contribution in [0.1, 0.15) is 17.4 Å². The lowest BCUT2D eigenvalue weighted by Crippen LogP contribution is -2.03. The number of halogens is 3. The summed E-state index contributed by atoms with van der Waals surface area (Å²) in [7, 11) is 0. The van der Waals surface area contributed by atoms with Gasteiger partial charge in [-0.25, -0.2) is 0 Å². The van der Waals surface area contributed by atoms with E-state index in [0.717, 1.165) is 21.9 Å². The molecule has 6 heteroatoms. The summed E-state index contributed by atoms with van der Waals surface area (Å²) in [5.74, 6) is 0. The second-order valence-electron chi connectivity index (χ2n) is 3.92. The zero-order chi connectivity index (χ0) is 14.0. The minimum absolute atomic E-state index is 0.475. The van der Waals surface area contributed by atoms with Gasteiger partial charge >= 0.3 is 6.18 Å². The van der Waals surface area contributed by atoms with E-state index in [1.165, 1.54) is 23.5 Å². The van der Waals surface area contributed by atoms with Crippen molar-refractivity contribution in [2.75, 3.05) is 0 Å². The van der Waals surface area contributed by atoms with Gasteiger partial charge in [-0.2, -0.15) is 13.2 Å². The van der Waals surface area contributed by atoms with Gasteiger partial charge in [0.15, 0.2) is 0 Å². The third-order valence-corrected chi connectivity index (χ3v) is 3.85. The molecule has 0 saturated carbocycles. The molecule has 0 atom stereocenters. The van der Waals surface area contributed by atoms with Crippen LogP contribution in [0.3, 0.4) is 0 Å². The van der Waals surface area contributed by atoms with E-state index in [2.05, 4.69) is 5.16 Å². The summed E-state index contributed by atoms with van der Waals surface area (Å²) in [6, 6.07) is 8.54. The smallest absolute Gasteiger partial charge is 0.411 e. The molecule has 2 aromatic rings. The number of thiophene rings is 1. The van der Waals surface area contributed by atoms with E-state index >= 15 is 0 Å². The Balaban J connectivity index is 2.30. The molecule has 2 nitrogen and oxygen atoms in total. The van der Waals surface area contributed by atoms with Crippen molar-refractivity contribution in [3.8, 4) is 10.4 Å². The Bertz CT molecular complexity index is 599. The van der Waals surface area contributed by atoms with Crippen LogP contribution in [0, 0.1) is 0 Å². The van der Waals surface area contributed by atoms with Gasteiger partial charge in [-0.1, -0.05) is 17.3 Å². The Morgan fingerprint density at radius 2 is 1.74 bits per heavy atom. The standard InChI is InChI=1S/C13H10F3NOS/c1-8(17-18)11-6-7-12(19-11)9-2-4-10(5-3-9)13(14,15)16/h2-7,18H,1H3/b17-8-. The Morgan fingerprint density at radius 3 is 2.26 bits per heavy atom. The van der Waals surface area contributed by atoms with Crippen molar-refractivity contribution in [2.45, 2.75) is 13.1 Å². The van der Waals surface area contributed by atoms with Crippen LogP contribution in [-0.2, 0) is 6.18 Å². The maximum absolute atomic E-state index is 12.4. The van der Waals surface area contributed by atoms with Crippen LogP contribution in [0.15, 0.2) is 41.6 Å². The summed E-state index contributed by atoms with van der Waals surface area (Å²) in [6.45, 7) is 1.66. The third kappa shape index (κ3) is 2.96. The molecule has 1 N–H and O–H groups in total. The molecule has 0 radical (unpaired) electrons. The molecule has 0 amide bonds. The molecule has 1 aromatic carbocycles. The fourth-order valence-corrected chi connectivity index (χ4v) is 2.51. The zero-order valence-corrected chi connectivity index (χ0v) is 10.7. The predicted octanol–water partition coefficient (Wildman–Crippen LogP) is 4.63. The van der Waals surface area contributed by atoms with Crippen molar-refractivity contribution in [1.29, 1.82) is 0 Å². The Kier molecular flexibility index (Phi) is 3.61. The molecule has 0 aliphatic rings. The fraction of sp³-hybridized carbons (Fsp3) is 0.154. The molecule has 0 bridgehead atoms. The highest BCUT2D eigenvalue weighted by atomic mass is 32.1. The number of rotatable bonds is 2. The number of nitrogens with zero attached hydrogens (tertiary/aromatic N) is 1. The first-order chi connectivity index (χ1) is 8.91. The average Bonchev–Trinajstić information content (AvgIpc) is 2.86. The summed E-state index contributed by atoms with van der Waals surface area (Å²) in [6.07, 6.45) is -4.32. The predicted molar refractivity (Wildman–Crippen MR) is 68.8 cm³/mol. The van der Waals surface area contributed by atoms with Crippen molar-refractivity contribution in [3.05, 3.63) is 46.8 Å². The Labute approximate surface area is 111 Å². The molecular weight excluding hydrogens is 275 g/mol. The quantitative estimate of drug-likeness (QED) is 0.487. The SMILES string of the molecule is C/C(=N/O)c1ccc(-c2ccc(C(F)(F)F)cc2)s1. The van der Waals surface area contributed by atoms with E-state index < -0.39 is 11.7 Å². The molecule has 0 saturated heterocycles. The lowest BCUT2D eigenvalue weighted by atomic mass is 10.1. The van der Waals surface area contributed by atoms with Crippen molar-refractivity contribution < 1.29 is 18.4 Å². The number of benzene rings is 1. The van der Waals surface area contributed by atoms with Crippen molar-refractivity contribution >= 4 is 17.0 Å². The Morgan fingerprint density at radius 1 is 1.11 bits per heavy atom. The zero-order valence-electron chi connectivity index (χ0n) is 9.90. The van der Waals surface area contributed by atoms with Crippen LogP contribution >= 0.6 is 11.3 Å². The summed E-state index contributed by atoms with van der Waals surface area (Å²) < 4.78 is 37.3. The minimum atomic E-state index is -4.32. The molecule has 1 heterocycles. The van der Waals surface area contributed by atoms with Gasteiger partial charge in [0.1, 0.15) is 0 Å². The van der Waals surface area contributed by atoms with Crippen LogP contribution in [0.5, 0.6) is 0 Å². The first-order valence-electron chi connectivity index (χ1n) is 5.38. The first-order valence-corrected chi connectivity index (χ1v) is 6.20. The molecule has 100 valence electrons. The molecule has 1 aromatic heterocycles. The lowest BCUT2D eigenvalue weighted by Gasteiger charge is -2.06. The highest BCUT2D eigenvalue weighted by Crippen LogP contribution is 2.33. The van der Waals surface area contributed by atoms with Crippen LogP contribution in [0.2, 0.25) is 0 Å². The highest BCUT2D eigenvalue weighted by Gasteiger charge is 2.29. The van der Waals surface area contributed by atoms with Gasteiger partial charge in [0.05, 0.1) is 16.2 Å². The van der Waals surface area contributed by atoms with Gasteiger partial charge in [0.25, 0.3) is 0 Å². The summed E-state index contributed by atoms with van der Waals surface area (Å²) in [5, 5.41) is 11.8. The number of alkyl halides is 3.